The van der Waals surface area contributed by atoms with Crippen molar-refractivity contribution in [3.05, 3.63) is 58.9 Å². The minimum absolute atomic E-state index is 0.972. The molecule has 1 nitrogen and oxygen atoms in total. The third-order valence-corrected chi connectivity index (χ3v) is 2.48. The van der Waals surface area contributed by atoms with Crippen molar-refractivity contribution in [3.63, 3.8) is 0 Å². The molecule has 1 heteroatoms. The summed E-state index contributed by atoms with van der Waals surface area (Å²) in [7, 11) is 0. The van der Waals surface area contributed by atoms with Gasteiger partial charge in [-0.2, -0.15) is 0 Å². The molecule has 1 aliphatic heterocycles. The highest BCUT2D eigenvalue weighted by molar-refractivity contribution is 5.64. The van der Waals surface area contributed by atoms with E-state index in [1.54, 1.807) is 0 Å². The summed E-state index contributed by atoms with van der Waals surface area (Å²) < 4.78 is 0. The zero-order valence-corrected chi connectivity index (χ0v) is 6.67. The second-order valence-corrected chi connectivity index (χ2v) is 3.17. The molecule has 0 amide bonds. The molecule has 0 bridgehead atoms. The number of rotatable bonds is 0. The number of nitrogens with one attached hydrogen (secondary N) is 1. The van der Waals surface area contributed by atoms with Crippen molar-refractivity contribution in [3.8, 4) is 0 Å². The lowest BCUT2D eigenvalue weighted by atomic mass is 9.98. The molecule has 12 heavy (non-hydrogen) atoms. The van der Waals surface area contributed by atoms with Crippen molar-refractivity contribution in [1.29, 1.82) is 0 Å². The van der Waals surface area contributed by atoms with Crippen LogP contribution >= 0.6 is 0 Å². The summed E-state index contributed by atoms with van der Waals surface area (Å²) >= 11 is 0. The molecule has 3 aliphatic rings. The zero-order chi connectivity index (χ0) is 7.97. The Balaban J connectivity index is 2.26. The van der Waals surface area contributed by atoms with Crippen LogP contribution < -0.4 is 5.32 Å². The van der Waals surface area contributed by atoms with Crippen LogP contribution in [-0.2, 0) is 0 Å². The number of hydrogen-bond donors (Lipinski definition) is 1. The highest BCUT2D eigenvalue weighted by atomic mass is 14.9. The lowest BCUT2D eigenvalue weighted by Gasteiger charge is -2.19. The molecule has 1 heterocycles. The normalized spacial score (nSPS) is 23.3. The molecule has 0 aromatic rings. The molecular formula is C11H9N. The van der Waals surface area contributed by atoms with E-state index >= 15 is 0 Å². The fourth-order valence-electron chi connectivity index (χ4n) is 1.87. The van der Waals surface area contributed by atoms with Crippen LogP contribution in [0.15, 0.2) is 58.9 Å². The first-order valence-electron chi connectivity index (χ1n) is 4.20. The molecular weight excluding hydrogens is 146 g/mol. The van der Waals surface area contributed by atoms with Crippen LogP contribution in [0, 0.1) is 0 Å². The maximum atomic E-state index is 3.38. The maximum absolute atomic E-state index is 3.38. The first-order chi connectivity index (χ1) is 5.95. The van der Waals surface area contributed by atoms with E-state index in [0.29, 0.717) is 0 Å². The average Bonchev–Trinajstić information content (AvgIpc) is 2.71. The molecule has 0 aromatic heterocycles. The lowest BCUT2D eigenvalue weighted by Crippen LogP contribution is -2.22. The van der Waals surface area contributed by atoms with Gasteiger partial charge >= 0.3 is 0 Å². The fourth-order valence-corrected chi connectivity index (χ4v) is 1.87. The summed E-state index contributed by atoms with van der Waals surface area (Å²) in [5.41, 5.74) is 5.43. The van der Waals surface area contributed by atoms with Crippen molar-refractivity contribution in [2.24, 2.45) is 0 Å². The molecule has 2 aliphatic carbocycles. The molecule has 0 fully saturated rings. The van der Waals surface area contributed by atoms with Crippen molar-refractivity contribution < 1.29 is 0 Å². The predicted molar refractivity (Wildman–Crippen MR) is 49.5 cm³/mol. The van der Waals surface area contributed by atoms with Gasteiger partial charge in [0.25, 0.3) is 0 Å². The topological polar surface area (TPSA) is 12.0 Å². The summed E-state index contributed by atoms with van der Waals surface area (Å²) in [5, 5.41) is 3.38. The summed E-state index contributed by atoms with van der Waals surface area (Å²) in [6.07, 6.45) is 12.9. The lowest BCUT2D eigenvalue weighted by molar-refractivity contribution is 0.871. The summed E-state index contributed by atoms with van der Waals surface area (Å²) in [4.78, 5) is 0. The Kier molecular flexibility index (Phi) is 1.01. The molecule has 1 N–H and O–H groups in total. The smallest absolute Gasteiger partial charge is 0.0422 e. The van der Waals surface area contributed by atoms with E-state index < -0.39 is 0 Å². The van der Waals surface area contributed by atoms with Gasteiger partial charge in [-0.1, -0.05) is 30.4 Å². The third kappa shape index (κ3) is 0.632. The molecule has 0 aromatic carbocycles. The van der Waals surface area contributed by atoms with Gasteiger partial charge < -0.3 is 5.32 Å². The van der Waals surface area contributed by atoms with E-state index in [9.17, 15) is 0 Å². The van der Waals surface area contributed by atoms with E-state index in [2.05, 4.69) is 41.8 Å². The van der Waals surface area contributed by atoms with Gasteiger partial charge in [-0.15, -0.1) is 0 Å². The van der Waals surface area contributed by atoms with E-state index in [4.69, 9.17) is 0 Å². The fraction of sp³-hybridized carbons (Fsp3) is 0.0909. The van der Waals surface area contributed by atoms with E-state index in [1.807, 2.05) is 0 Å². The average molecular weight is 155 g/mol. The first-order valence-corrected chi connectivity index (χ1v) is 4.20. The van der Waals surface area contributed by atoms with Gasteiger partial charge in [0.1, 0.15) is 0 Å². The van der Waals surface area contributed by atoms with Gasteiger partial charge in [0.2, 0.25) is 0 Å². The third-order valence-electron chi connectivity index (χ3n) is 2.48. The maximum Gasteiger partial charge on any atom is 0.0422 e. The van der Waals surface area contributed by atoms with Crippen LogP contribution in [0.1, 0.15) is 0 Å². The van der Waals surface area contributed by atoms with Crippen molar-refractivity contribution >= 4 is 0 Å². The zero-order valence-electron chi connectivity index (χ0n) is 6.67. The Morgan fingerprint density at radius 1 is 1.00 bits per heavy atom. The van der Waals surface area contributed by atoms with Crippen LogP contribution in [0.25, 0.3) is 0 Å². The second kappa shape index (κ2) is 2.01. The van der Waals surface area contributed by atoms with E-state index in [1.165, 1.54) is 22.4 Å². The molecule has 0 unspecified atom stereocenters. The van der Waals surface area contributed by atoms with Gasteiger partial charge in [-0.3, -0.25) is 0 Å². The second-order valence-electron chi connectivity index (χ2n) is 3.17. The minimum atomic E-state index is 0.972. The van der Waals surface area contributed by atoms with Gasteiger partial charge in [-0.25, -0.2) is 0 Å². The minimum Gasteiger partial charge on any atom is -0.380 e. The Bertz CT molecular complexity index is 351. The van der Waals surface area contributed by atoms with Crippen LogP contribution in [-0.4, -0.2) is 6.54 Å². The Morgan fingerprint density at radius 3 is 2.83 bits per heavy atom. The molecule has 0 spiro atoms. The summed E-state index contributed by atoms with van der Waals surface area (Å²) in [6.45, 7) is 0.972. The first kappa shape index (κ1) is 6.06. The predicted octanol–water partition coefficient (Wildman–Crippen LogP) is 1.84. The van der Waals surface area contributed by atoms with Crippen LogP contribution in [0.2, 0.25) is 0 Å². The van der Waals surface area contributed by atoms with Crippen molar-refractivity contribution in [1.82, 2.24) is 5.32 Å². The van der Waals surface area contributed by atoms with Crippen molar-refractivity contribution in [2.75, 3.05) is 6.54 Å². The van der Waals surface area contributed by atoms with Gasteiger partial charge in [0.15, 0.2) is 0 Å². The molecule has 0 saturated heterocycles. The summed E-state index contributed by atoms with van der Waals surface area (Å²) in [5.74, 6) is 0. The molecule has 0 atom stereocenters. The summed E-state index contributed by atoms with van der Waals surface area (Å²) in [6, 6.07) is 0. The highest BCUT2D eigenvalue weighted by Crippen LogP contribution is 2.31. The molecule has 58 valence electrons. The Hall–Kier alpha value is -1.50. The Morgan fingerprint density at radius 2 is 1.83 bits per heavy atom. The Labute approximate surface area is 71.5 Å². The van der Waals surface area contributed by atoms with Crippen LogP contribution in [0.3, 0.4) is 0 Å². The SMILES string of the molecule is C1=CC2=C3C=CC=C3NCC2=C1. The van der Waals surface area contributed by atoms with Gasteiger partial charge in [-0.05, 0) is 17.2 Å². The molecule has 0 saturated carbocycles. The highest BCUT2D eigenvalue weighted by Gasteiger charge is 2.20. The number of fused-ring (bicyclic) bond motifs is 2. The van der Waals surface area contributed by atoms with Crippen LogP contribution in [0.5, 0.6) is 0 Å². The number of hydrogen-bond acceptors (Lipinski definition) is 1. The van der Waals surface area contributed by atoms with E-state index in [0.717, 1.165) is 6.54 Å². The number of allylic oxidation sites excluding steroid dienone is 6. The monoisotopic (exact) mass is 155 g/mol. The molecule has 3 rings (SSSR count). The van der Waals surface area contributed by atoms with Gasteiger partial charge in [0.05, 0.1) is 0 Å². The quantitative estimate of drug-likeness (QED) is 0.562. The van der Waals surface area contributed by atoms with Crippen molar-refractivity contribution in [2.45, 2.75) is 0 Å². The van der Waals surface area contributed by atoms with E-state index in [-0.39, 0.29) is 0 Å². The largest absolute Gasteiger partial charge is 0.380 e. The van der Waals surface area contributed by atoms with Crippen LogP contribution in [0.4, 0.5) is 0 Å². The standard InChI is InChI=1S/C11H9N/c1-3-8-7-12-11-6-2-5-10(11)9(8)4-1/h1-6,12H,7H2. The molecule has 0 radical (unpaired) electrons. The van der Waals surface area contributed by atoms with Gasteiger partial charge in [0, 0.05) is 17.8 Å².